The van der Waals surface area contributed by atoms with E-state index in [1.807, 2.05) is 34.9 Å². The molecule has 3 heterocycles. The van der Waals surface area contributed by atoms with Gasteiger partial charge in [0.15, 0.2) is 0 Å². The summed E-state index contributed by atoms with van der Waals surface area (Å²) < 4.78 is 2.83. The molecule has 0 spiro atoms. The van der Waals surface area contributed by atoms with E-state index in [1.54, 1.807) is 6.20 Å². The molecule has 0 aliphatic carbocycles. The summed E-state index contributed by atoms with van der Waals surface area (Å²) in [5.74, 6) is 1.12. The molecule has 3 aromatic rings. The SMILES string of the molecule is CC(C)c1nc(Br)cc(-c2cccc3nccn23)n1. The summed E-state index contributed by atoms with van der Waals surface area (Å²) in [6.07, 6.45) is 3.73. The fourth-order valence-corrected chi connectivity index (χ4v) is 2.38. The van der Waals surface area contributed by atoms with E-state index in [0.29, 0.717) is 5.92 Å². The first-order valence-electron chi connectivity index (χ1n) is 6.12. The molecule has 19 heavy (non-hydrogen) atoms. The van der Waals surface area contributed by atoms with E-state index in [4.69, 9.17) is 0 Å². The number of hydrogen-bond acceptors (Lipinski definition) is 3. The van der Waals surface area contributed by atoms with Crippen LogP contribution >= 0.6 is 15.9 Å². The normalized spacial score (nSPS) is 11.4. The third-order valence-corrected chi connectivity index (χ3v) is 3.33. The molecule has 0 unspecified atom stereocenters. The van der Waals surface area contributed by atoms with Crippen molar-refractivity contribution in [2.75, 3.05) is 0 Å². The van der Waals surface area contributed by atoms with Crippen molar-refractivity contribution in [1.29, 1.82) is 0 Å². The first kappa shape index (κ1) is 12.3. The zero-order valence-corrected chi connectivity index (χ0v) is 12.3. The molecule has 3 aromatic heterocycles. The van der Waals surface area contributed by atoms with Crippen molar-refractivity contribution < 1.29 is 0 Å². The van der Waals surface area contributed by atoms with Gasteiger partial charge < -0.3 is 0 Å². The van der Waals surface area contributed by atoms with Gasteiger partial charge in [0.05, 0.1) is 11.4 Å². The fourth-order valence-electron chi connectivity index (χ4n) is 1.98. The molecule has 0 radical (unpaired) electrons. The molecular formula is C14H13BrN4. The van der Waals surface area contributed by atoms with Crippen molar-refractivity contribution in [3.63, 3.8) is 0 Å². The van der Waals surface area contributed by atoms with Crippen molar-refractivity contribution in [3.05, 3.63) is 47.1 Å². The summed E-state index contributed by atoms with van der Waals surface area (Å²) in [4.78, 5) is 13.3. The number of pyridine rings is 1. The summed E-state index contributed by atoms with van der Waals surface area (Å²) >= 11 is 3.46. The lowest BCUT2D eigenvalue weighted by atomic mass is 10.2. The Morgan fingerprint density at radius 2 is 2.05 bits per heavy atom. The average Bonchev–Trinajstić information content (AvgIpc) is 2.85. The molecule has 5 heteroatoms. The molecule has 0 aromatic carbocycles. The standard InChI is InChI=1S/C14H13BrN4/c1-9(2)14-17-10(8-12(15)18-14)11-4-3-5-13-16-6-7-19(11)13/h3-9H,1-2H3. The number of hydrogen-bond donors (Lipinski definition) is 0. The van der Waals surface area contributed by atoms with E-state index in [9.17, 15) is 0 Å². The zero-order chi connectivity index (χ0) is 13.4. The first-order valence-corrected chi connectivity index (χ1v) is 6.91. The highest BCUT2D eigenvalue weighted by Gasteiger charge is 2.10. The Morgan fingerprint density at radius 1 is 1.21 bits per heavy atom. The molecule has 0 saturated carbocycles. The highest BCUT2D eigenvalue weighted by Crippen LogP contribution is 2.23. The van der Waals surface area contributed by atoms with Gasteiger partial charge in [-0.05, 0) is 34.1 Å². The summed E-state index contributed by atoms with van der Waals surface area (Å²) in [7, 11) is 0. The minimum atomic E-state index is 0.290. The van der Waals surface area contributed by atoms with Gasteiger partial charge in [-0.15, -0.1) is 0 Å². The smallest absolute Gasteiger partial charge is 0.137 e. The second-order valence-electron chi connectivity index (χ2n) is 4.66. The quantitative estimate of drug-likeness (QED) is 0.677. The molecule has 0 bridgehead atoms. The monoisotopic (exact) mass is 316 g/mol. The third kappa shape index (κ3) is 2.26. The van der Waals surface area contributed by atoms with Crippen LogP contribution in [0.4, 0.5) is 0 Å². The van der Waals surface area contributed by atoms with Gasteiger partial charge in [-0.25, -0.2) is 15.0 Å². The number of imidazole rings is 1. The van der Waals surface area contributed by atoms with Crippen LogP contribution in [0, 0.1) is 0 Å². The van der Waals surface area contributed by atoms with Gasteiger partial charge in [0, 0.05) is 18.3 Å². The van der Waals surface area contributed by atoms with Crippen LogP contribution in [-0.4, -0.2) is 19.4 Å². The number of aromatic nitrogens is 4. The van der Waals surface area contributed by atoms with Crippen LogP contribution in [0.2, 0.25) is 0 Å². The Balaban J connectivity index is 2.24. The van der Waals surface area contributed by atoms with Crippen molar-refractivity contribution in [3.8, 4) is 11.4 Å². The van der Waals surface area contributed by atoms with Crippen LogP contribution in [0.3, 0.4) is 0 Å². The van der Waals surface area contributed by atoms with E-state index < -0.39 is 0 Å². The Morgan fingerprint density at radius 3 is 2.84 bits per heavy atom. The first-order chi connectivity index (χ1) is 9.15. The number of halogens is 1. The molecular weight excluding hydrogens is 304 g/mol. The molecule has 96 valence electrons. The van der Waals surface area contributed by atoms with E-state index in [0.717, 1.165) is 27.5 Å². The predicted molar refractivity (Wildman–Crippen MR) is 78.0 cm³/mol. The number of nitrogens with zero attached hydrogens (tertiary/aromatic N) is 4. The van der Waals surface area contributed by atoms with Crippen LogP contribution in [-0.2, 0) is 0 Å². The van der Waals surface area contributed by atoms with E-state index in [2.05, 4.69) is 44.7 Å². The third-order valence-electron chi connectivity index (χ3n) is 2.92. The number of fused-ring (bicyclic) bond motifs is 1. The molecule has 3 rings (SSSR count). The molecule has 0 fully saturated rings. The van der Waals surface area contributed by atoms with Gasteiger partial charge in [-0.2, -0.15) is 0 Å². The lowest BCUT2D eigenvalue weighted by Gasteiger charge is -2.09. The van der Waals surface area contributed by atoms with Crippen LogP contribution < -0.4 is 0 Å². The minimum absolute atomic E-state index is 0.290. The molecule has 4 nitrogen and oxygen atoms in total. The van der Waals surface area contributed by atoms with Gasteiger partial charge in [0.2, 0.25) is 0 Å². The Kier molecular flexibility index (Phi) is 3.06. The van der Waals surface area contributed by atoms with Crippen LogP contribution in [0.25, 0.3) is 17.0 Å². The summed E-state index contributed by atoms with van der Waals surface area (Å²) in [6.45, 7) is 4.17. The van der Waals surface area contributed by atoms with Gasteiger partial charge in [-0.1, -0.05) is 19.9 Å². The van der Waals surface area contributed by atoms with Crippen LogP contribution in [0.1, 0.15) is 25.6 Å². The molecule has 0 N–H and O–H groups in total. The van der Waals surface area contributed by atoms with E-state index in [1.165, 1.54) is 0 Å². The highest BCUT2D eigenvalue weighted by atomic mass is 79.9. The van der Waals surface area contributed by atoms with Crippen molar-refractivity contribution in [2.45, 2.75) is 19.8 Å². The second kappa shape index (κ2) is 4.74. The summed E-state index contributed by atoms with van der Waals surface area (Å²) in [6, 6.07) is 7.93. The summed E-state index contributed by atoms with van der Waals surface area (Å²) in [5.41, 5.74) is 2.83. The Labute approximate surface area is 119 Å². The second-order valence-corrected chi connectivity index (χ2v) is 5.47. The minimum Gasteiger partial charge on any atom is -0.298 e. The van der Waals surface area contributed by atoms with E-state index >= 15 is 0 Å². The highest BCUT2D eigenvalue weighted by molar-refractivity contribution is 9.10. The topological polar surface area (TPSA) is 43.1 Å². The maximum absolute atomic E-state index is 4.64. The Bertz CT molecular complexity index is 733. The van der Waals surface area contributed by atoms with Crippen LogP contribution in [0.15, 0.2) is 41.3 Å². The van der Waals surface area contributed by atoms with Gasteiger partial charge in [-0.3, -0.25) is 4.40 Å². The molecule has 0 atom stereocenters. The van der Waals surface area contributed by atoms with Crippen molar-refractivity contribution >= 4 is 21.6 Å². The zero-order valence-electron chi connectivity index (χ0n) is 10.7. The largest absolute Gasteiger partial charge is 0.298 e. The van der Waals surface area contributed by atoms with E-state index in [-0.39, 0.29) is 0 Å². The Hall–Kier alpha value is -1.75. The van der Waals surface area contributed by atoms with Crippen molar-refractivity contribution in [1.82, 2.24) is 19.4 Å². The van der Waals surface area contributed by atoms with Crippen LogP contribution in [0.5, 0.6) is 0 Å². The maximum Gasteiger partial charge on any atom is 0.137 e. The maximum atomic E-state index is 4.64. The van der Waals surface area contributed by atoms with Crippen molar-refractivity contribution in [2.24, 2.45) is 0 Å². The lowest BCUT2D eigenvalue weighted by Crippen LogP contribution is -2.01. The number of rotatable bonds is 2. The molecule has 0 amide bonds. The molecule has 0 aliphatic rings. The average molecular weight is 317 g/mol. The van der Waals surface area contributed by atoms with Gasteiger partial charge >= 0.3 is 0 Å². The van der Waals surface area contributed by atoms with Gasteiger partial charge in [0.25, 0.3) is 0 Å². The predicted octanol–water partition coefficient (Wildman–Crippen LogP) is 3.68. The lowest BCUT2D eigenvalue weighted by molar-refractivity contribution is 0.770. The fraction of sp³-hybridized carbons (Fsp3) is 0.214. The van der Waals surface area contributed by atoms with Gasteiger partial charge in [0.1, 0.15) is 16.1 Å². The summed E-state index contributed by atoms with van der Waals surface area (Å²) in [5, 5.41) is 0. The molecule has 0 saturated heterocycles. The molecule has 0 aliphatic heterocycles.